The summed E-state index contributed by atoms with van der Waals surface area (Å²) >= 11 is 5.54. The highest BCUT2D eigenvalue weighted by Gasteiger charge is 2.12. The van der Waals surface area contributed by atoms with Gasteiger partial charge in [0.05, 0.1) is 0 Å². The maximum Gasteiger partial charge on any atom is 0.185 e. The highest BCUT2D eigenvalue weighted by atomic mass is 35.5. The van der Waals surface area contributed by atoms with Gasteiger partial charge in [-0.25, -0.2) is 0 Å². The summed E-state index contributed by atoms with van der Waals surface area (Å²) in [6, 6.07) is 1.53. The molecule has 0 fully saturated rings. The van der Waals surface area contributed by atoms with Gasteiger partial charge in [0, 0.05) is 12.0 Å². The van der Waals surface area contributed by atoms with Gasteiger partial charge in [-0.3, -0.25) is 9.89 Å². The van der Waals surface area contributed by atoms with E-state index in [4.69, 9.17) is 11.6 Å². The van der Waals surface area contributed by atoms with Gasteiger partial charge in [0.1, 0.15) is 10.8 Å². The van der Waals surface area contributed by atoms with E-state index in [1.54, 1.807) is 0 Å². The van der Waals surface area contributed by atoms with Crippen LogP contribution in [0, 0.1) is 5.92 Å². The van der Waals surface area contributed by atoms with E-state index in [1.165, 1.54) is 6.07 Å². The van der Waals surface area contributed by atoms with Gasteiger partial charge in [-0.2, -0.15) is 5.10 Å². The first kappa shape index (κ1) is 8.27. The van der Waals surface area contributed by atoms with Gasteiger partial charge in [-0.05, 0) is 0 Å². The minimum absolute atomic E-state index is 0.00755. The normalized spacial score (nSPS) is 10.5. The summed E-state index contributed by atoms with van der Waals surface area (Å²) in [7, 11) is 0. The Morgan fingerprint density at radius 1 is 1.73 bits per heavy atom. The van der Waals surface area contributed by atoms with Crippen molar-refractivity contribution in [3.8, 4) is 0 Å². The van der Waals surface area contributed by atoms with Crippen LogP contribution in [0.25, 0.3) is 0 Å². The van der Waals surface area contributed by atoms with Crippen molar-refractivity contribution in [1.82, 2.24) is 10.2 Å². The molecule has 11 heavy (non-hydrogen) atoms. The van der Waals surface area contributed by atoms with Crippen molar-refractivity contribution in [2.45, 2.75) is 13.8 Å². The van der Waals surface area contributed by atoms with Gasteiger partial charge in [-0.1, -0.05) is 25.4 Å². The number of hydrogen-bond acceptors (Lipinski definition) is 2. The average Bonchev–Trinajstić information content (AvgIpc) is 2.34. The fourth-order valence-corrected chi connectivity index (χ4v) is 0.866. The first-order chi connectivity index (χ1) is 5.11. The van der Waals surface area contributed by atoms with Gasteiger partial charge in [-0.15, -0.1) is 0 Å². The lowest BCUT2D eigenvalue weighted by Crippen LogP contribution is -2.07. The summed E-state index contributed by atoms with van der Waals surface area (Å²) in [4.78, 5) is 11.2. The van der Waals surface area contributed by atoms with Crippen molar-refractivity contribution in [3.05, 3.63) is 16.9 Å². The summed E-state index contributed by atoms with van der Waals surface area (Å²) in [5.74, 6) is -0.0254. The van der Waals surface area contributed by atoms with Crippen molar-refractivity contribution in [2.24, 2.45) is 5.92 Å². The minimum Gasteiger partial charge on any atom is -0.292 e. The van der Waals surface area contributed by atoms with Crippen LogP contribution < -0.4 is 0 Å². The molecule has 0 atom stereocenters. The number of halogens is 1. The van der Waals surface area contributed by atoms with Gasteiger partial charge < -0.3 is 0 Å². The number of carbonyl (C=O) groups excluding carboxylic acids is 1. The molecule has 60 valence electrons. The maximum atomic E-state index is 11.2. The van der Waals surface area contributed by atoms with Crippen molar-refractivity contribution in [2.75, 3.05) is 0 Å². The minimum atomic E-state index is -0.0330. The van der Waals surface area contributed by atoms with Crippen LogP contribution in [0.5, 0.6) is 0 Å². The molecule has 0 bridgehead atoms. The fraction of sp³-hybridized carbons (Fsp3) is 0.429. The van der Waals surface area contributed by atoms with Crippen LogP contribution in [0.2, 0.25) is 5.15 Å². The number of ketones is 1. The number of nitrogens with one attached hydrogen (secondary N) is 1. The number of aromatic amines is 1. The molecular formula is C7H9ClN2O. The molecule has 0 saturated heterocycles. The van der Waals surface area contributed by atoms with E-state index in [0.717, 1.165) is 0 Å². The molecule has 1 aromatic heterocycles. The Kier molecular flexibility index (Phi) is 2.29. The Hall–Kier alpha value is -0.830. The summed E-state index contributed by atoms with van der Waals surface area (Å²) < 4.78 is 0. The maximum absolute atomic E-state index is 11.2. The summed E-state index contributed by atoms with van der Waals surface area (Å²) in [5.41, 5.74) is 0.407. The number of rotatable bonds is 2. The molecule has 1 rings (SSSR count). The molecule has 0 saturated carbocycles. The van der Waals surface area contributed by atoms with Gasteiger partial charge in [0.25, 0.3) is 0 Å². The number of Topliss-reactive ketones (excluding diaryl/α,β-unsaturated/α-hetero) is 1. The van der Waals surface area contributed by atoms with E-state index < -0.39 is 0 Å². The number of aromatic nitrogens is 2. The van der Waals surface area contributed by atoms with E-state index in [9.17, 15) is 4.79 Å². The predicted molar refractivity (Wildman–Crippen MR) is 42.8 cm³/mol. The van der Waals surface area contributed by atoms with Crippen LogP contribution in [0.15, 0.2) is 6.07 Å². The highest BCUT2D eigenvalue weighted by Crippen LogP contribution is 2.09. The van der Waals surface area contributed by atoms with E-state index in [1.807, 2.05) is 13.8 Å². The molecule has 1 aromatic rings. The third-order valence-corrected chi connectivity index (χ3v) is 1.52. The highest BCUT2D eigenvalue weighted by molar-refractivity contribution is 6.29. The lowest BCUT2D eigenvalue weighted by molar-refractivity contribution is 0.0934. The Balaban J connectivity index is 2.85. The van der Waals surface area contributed by atoms with Crippen LogP contribution >= 0.6 is 11.6 Å². The number of nitrogens with zero attached hydrogens (tertiary/aromatic N) is 1. The van der Waals surface area contributed by atoms with Crippen molar-refractivity contribution >= 4 is 17.4 Å². The molecule has 0 unspecified atom stereocenters. The van der Waals surface area contributed by atoms with Crippen LogP contribution in [0.4, 0.5) is 0 Å². The lowest BCUT2D eigenvalue weighted by Gasteiger charge is -1.97. The molecule has 3 nitrogen and oxygen atoms in total. The lowest BCUT2D eigenvalue weighted by atomic mass is 10.1. The zero-order valence-corrected chi connectivity index (χ0v) is 7.14. The molecular weight excluding hydrogens is 164 g/mol. The van der Waals surface area contributed by atoms with Crippen molar-refractivity contribution < 1.29 is 4.79 Å². The van der Waals surface area contributed by atoms with E-state index in [0.29, 0.717) is 10.8 Å². The molecule has 0 amide bonds. The molecule has 0 radical (unpaired) electrons. The average molecular weight is 173 g/mol. The third kappa shape index (κ3) is 1.80. The van der Waals surface area contributed by atoms with Crippen LogP contribution in [0.1, 0.15) is 24.3 Å². The monoisotopic (exact) mass is 172 g/mol. The van der Waals surface area contributed by atoms with Crippen LogP contribution in [0.3, 0.4) is 0 Å². The van der Waals surface area contributed by atoms with Crippen LogP contribution in [-0.2, 0) is 0 Å². The SMILES string of the molecule is CC(C)C(=O)c1cc(Cl)[nH]n1. The van der Waals surface area contributed by atoms with Gasteiger partial charge in [0.15, 0.2) is 5.78 Å². The fourth-order valence-electron chi connectivity index (χ4n) is 0.720. The Labute approximate surface area is 69.8 Å². The zero-order valence-electron chi connectivity index (χ0n) is 6.39. The number of carbonyl (C=O) groups is 1. The Bertz CT molecular complexity index is 267. The molecule has 0 aliphatic rings. The molecule has 1 heterocycles. The summed E-state index contributed by atoms with van der Waals surface area (Å²) in [6.07, 6.45) is 0. The number of H-pyrrole nitrogens is 1. The second kappa shape index (κ2) is 3.05. The van der Waals surface area contributed by atoms with Gasteiger partial charge in [0.2, 0.25) is 0 Å². The smallest absolute Gasteiger partial charge is 0.185 e. The van der Waals surface area contributed by atoms with Crippen molar-refractivity contribution in [1.29, 1.82) is 0 Å². The van der Waals surface area contributed by atoms with E-state index in [-0.39, 0.29) is 11.7 Å². The second-order valence-electron chi connectivity index (χ2n) is 2.62. The third-order valence-electron chi connectivity index (χ3n) is 1.32. The largest absolute Gasteiger partial charge is 0.292 e. The van der Waals surface area contributed by atoms with Gasteiger partial charge >= 0.3 is 0 Å². The molecule has 1 N–H and O–H groups in total. The summed E-state index contributed by atoms with van der Waals surface area (Å²) in [5, 5.41) is 6.63. The van der Waals surface area contributed by atoms with Crippen LogP contribution in [-0.4, -0.2) is 16.0 Å². The Morgan fingerprint density at radius 3 is 2.73 bits per heavy atom. The first-order valence-electron chi connectivity index (χ1n) is 3.36. The van der Waals surface area contributed by atoms with Crippen molar-refractivity contribution in [3.63, 3.8) is 0 Å². The topological polar surface area (TPSA) is 45.8 Å². The number of hydrogen-bond donors (Lipinski definition) is 1. The quantitative estimate of drug-likeness (QED) is 0.693. The van der Waals surface area contributed by atoms with E-state index in [2.05, 4.69) is 10.2 Å². The predicted octanol–water partition coefficient (Wildman–Crippen LogP) is 1.90. The standard InChI is InChI=1S/C7H9ClN2O/c1-4(2)7(11)5-3-6(8)10-9-5/h3-4H,1-2H3,(H,9,10). The molecule has 0 aliphatic heterocycles. The second-order valence-corrected chi connectivity index (χ2v) is 3.03. The molecule has 4 heteroatoms. The first-order valence-corrected chi connectivity index (χ1v) is 3.74. The van der Waals surface area contributed by atoms with E-state index >= 15 is 0 Å². The Morgan fingerprint density at radius 2 is 2.36 bits per heavy atom. The molecule has 0 aliphatic carbocycles. The summed E-state index contributed by atoms with van der Waals surface area (Å²) in [6.45, 7) is 3.65. The molecule has 0 aromatic carbocycles. The zero-order chi connectivity index (χ0) is 8.43. The molecule has 0 spiro atoms.